The summed E-state index contributed by atoms with van der Waals surface area (Å²) in [5, 5.41) is 21.1. The summed E-state index contributed by atoms with van der Waals surface area (Å²) in [6.45, 7) is 5.40. The van der Waals surface area contributed by atoms with Gasteiger partial charge in [-0.15, -0.1) is 0 Å². The fourth-order valence-corrected chi connectivity index (χ4v) is 1.92. The Balaban J connectivity index is 2.67. The van der Waals surface area contributed by atoms with Gasteiger partial charge in [0.1, 0.15) is 5.75 Å². The lowest BCUT2D eigenvalue weighted by molar-refractivity contribution is -0.130. The highest BCUT2D eigenvalue weighted by atomic mass is 16.5. The first-order valence-corrected chi connectivity index (χ1v) is 7.10. The molecule has 0 aliphatic heterocycles. The maximum absolute atomic E-state index is 12.2. The molecule has 0 heterocycles. The number of carbonyl (C=O) groups is 1. The number of nitriles is 1. The molecule has 0 bridgehead atoms. The van der Waals surface area contributed by atoms with Gasteiger partial charge in [0.25, 0.3) is 5.91 Å². The first-order valence-electron chi connectivity index (χ1n) is 7.10. The van der Waals surface area contributed by atoms with Crippen molar-refractivity contribution in [1.29, 1.82) is 5.26 Å². The topological polar surface area (TPSA) is 82.3 Å². The van der Waals surface area contributed by atoms with Crippen LogP contribution >= 0.6 is 0 Å². The van der Waals surface area contributed by atoms with Gasteiger partial charge in [0.15, 0.2) is 6.10 Å². The average molecular weight is 290 g/mol. The monoisotopic (exact) mass is 290 g/mol. The molecule has 5 heteroatoms. The summed E-state index contributed by atoms with van der Waals surface area (Å²) >= 11 is 0. The van der Waals surface area contributed by atoms with Crippen LogP contribution in [0.25, 0.3) is 0 Å². The standard InChI is InChI=1S/C16H22N2O3/c1-4-16(5-2,11-19)18-15(20)12(3)21-14-8-6-13(10-17)7-9-14/h6-9,12,19H,4-5,11H2,1-3H3,(H,18,20). The molecule has 114 valence electrons. The normalized spacial score (nSPS) is 12.3. The van der Waals surface area contributed by atoms with Crippen LogP contribution in [-0.2, 0) is 4.79 Å². The third-order valence-corrected chi connectivity index (χ3v) is 3.71. The summed E-state index contributed by atoms with van der Waals surface area (Å²) in [5.74, 6) is 0.261. The number of ether oxygens (including phenoxy) is 1. The molecule has 0 radical (unpaired) electrons. The van der Waals surface area contributed by atoms with Gasteiger partial charge in [-0.2, -0.15) is 5.26 Å². The fraction of sp³-hybridized carbons (Fsp3) is 0.500. The third-order valence-electron chi connectivity index (χ3n) is 3.71. The summed E-state index contributed by atoms with van der Waals surface area (Å²) in [6, 6.07) is 8.60. The number of hydrogen-bond acceptors (Lipinski definition) is 4. The van der Waals surface area contributed by atoms with Crippen molar-refractivity contribution in [1.82, 2.24) is 5.32 Å². The first kappa shape index (κ1) is 17.0. The highest BCUT2D eigenvalue weighted by Gasteiger charge is 2.29. The summed E-state index contributed by atoms with van der Waals surface area (Å²) in [7, 11) is 0. The minimum absolute atomic E-state index is 0.102. The van der Waals surface area contributed by atoms with Crippen molar-refractivity contribution < 1.29 is 14.6 Å². The van der Waals surface area contributed by atoms with Crippen molar-refractivity contribution >= 4 is 5.91 Å². The Morgan fingerprint density at radius 2 is 1.95 bits per heavy atom. The van der Waals surface area contributed by atoms with Crippen LogP contribution < -0.4 is 10.1 Å². The van der Waals surface area contributed by atoms with E-state index in [9.17, 15) is 9.90 Å². The van der Waals surface area contributed by atoms with Crippen LogP contribution in [0.2, 0.25) is 0 Å². The Kier molecular flexibility index (Phi) is 6.19. The third kappa shape index (κ3) is 4.47. The number of aliphatic hydroxyl groups excluding tert-OH is 1. The van der Waals surface area contributed by atoms with E-state index in [1.165, 1.54) is 0 Å². The van der Waals surface area contributed by atoms with Gasteiger partial charge in [0, 0.05) is 0 Å². The highest BCUT2D eigenvalue weighted by Crippen LogP contribution is 2.16. The van der Waals surface area contributed by atoms with Gasteiger partial charge in [-0.1, -0.05) is 13.8 Å². The molecule has 0 saturated carbocycles. The van der Waals surface area contributed by atoms with E-state index in [4.69, 9.17) is 10.00 Å². The van der Waals surface area contributed by atoms with E-state index in [0.29, 0.717) is 24.2 Å². The van der Waals surface area contributed by atoms with Crippen LogP contribution in [0.3, 0.4) is 0 Å². The Morgan fingerprint density at radius 1 is 1.38 bits per heavy atom. The molecule has 0 aromatic heterocycles. The Morgan fingerprint density at radius 3 is 2.38 bits per heavy atom. The molecule has 0 saturated heterocycles. The zero-order valence-electron chi connectivity index (χ0n) is 12.7. The highest BCUT2D eigenvalue weighted by molar-refractivity contribution is 5.81. The van der Waals surface area contributed by atoms with E-state index in [1.54, 1.807) is 31.2 Å². The zero-order valence-corrected chi connectivity index (χ0v) is 12.7. The van der Waals surface area contributed by atoms with Crippen molar-refractivity contribution in [2.24, 2.45) is 0 Å². The van der Waals surface area contributed by atoms with Crippen LogP contribution in [0, 0.1) is 11.3 Å². The number of hydrogen-bond donors (Lipinski definition) is 2. The summed E-state index contributed by atoms with van der Waals surface area (Å²) in [5.41, 5.74) is -0.0601. The maximum atomic E-state index is 12.2. The summed E-state index contributed by atoms with van der Waals surface area (Å²) in [4.78, 5) is 12.2. The second-order valence-electron chi connectivity index (χ2n) is 5.03. The van der Waals surface area contributed by atoms with E-state index < -0.39 is 11.6 Å². The van der Waals surface area contributed by atoms with Crippen LogP contribution in [0.15, 0.2) is 24.3 Å². The minimum atomic E-state index is -0.679. The fourth-order valence-electron chi connectivity index (χ4n) is 1.92. The molecule has 1 aromatic rings. The zero-order chi connectivity index (χ0) is 15.9. The molecule has 2 N–H and O–H groups in total. The lowest BCUT2D eigenvalue weighted by atomic mass is 9.93. The van der Waals surface area contributed by atoms with Gasteiger partial charge in [-0.05, 0) is 44.0 Å². The van der Waals surface area contributed by atoms with Crippen LogP contribution in [-0.4, -0.2) is 29.3 Å². The van der Waals surface area contributed by atoms with Gasteiger partial charge in [-0.3, -0.25) is 4.79 Å². The molecular weight excluding hydrogens is 268 g/mol. The Bertz CT molecular complexity index is 493. The van der Waals surface area contributed by atoms with Gasteiger partial charge in [0.2, 0.25) is 0 Å². The number of carbonyl (C=O) groups excluding carboxylic acids is 1. The summed E-state index contributed by atoms with van der Waals surface area (Å²) in [6.07, 6.45) is 0.618. The predicted octanol–water partition coefficient (Wildman–Crippen LogP) is 1.99. The van der Waals surface area contributed by atoms with Crippen molar-refractivity contribution in [2.75, 3.05) is 6.61 Å². The minimum Gasteiger partial charge on any atom is -0.481 e. The largest absolute Gasteiger partial charge is 0.481 e. The number of benzene rings is 1. The smallest absolute Gasteiger partial charge is 0.261 e. The molecule has 1 atom stereocenters. The van der Waals surface area contributed by atoms with Gasteiger partial charge >= 0.3 is 0 Å². The lowest BCUT2D eigenvalue weighted by Crippen LogP contribution is -2.53. The molecule has 1 amide bonds. The molecule has 0 aliphatic carbocycles. The molecule has 1 unspecified atom stereocenters. The molecule has 0 fully saturated rings. The molecular formula is C16H22N2O3. The average Bonchev–Trinajstić information content (AvgIpc) is 2.53. The molecule has 0 spiro atoms. The van der Waals surface area contributed by atoms with E-state index in [2.05, 4.69) is 5.32 Å². The molecule has 5 nitrogen and oxygen atoms in total. The van der Waals surface area contributed by atoms with Crippen molar-refractivity contribution in [3.63, 3.8) is 0 Å². The number of amides is 1. The van der Waals surface area contributed by atoms with Crippen LogP contribution in [0.5, 0.6) is 5.75 Å². The quantitative estimate of drug-likeness (QED) is 0.804. The number of aliphatic hydroxyl groups is 1. The van der Waals surface area contributed by atoms with E-state index in [0.717, 1.165) is 0 Å². The maximum Gasteiger partial charge on any atom is 0.261 e. The lowest BCUT2D eigenvalue weighted by Gasteiger charge is -2.32. The first-order chi connectivity index (χ1) is 10.00. The van der Waals surface area contributed by atoms with Crippen molar-refractivity contribution in [3.05, 3.63) is 29.8 Å². The summed E-state index contributed by atoms with van der Waals surface area (Å²) < 4.78 is 5.55. The van der Waals surface area contributed by atoms with E-state index >= 15 is 0 Å². The van der Waals surface area contributed by atoms with Gasteiger partial charge in [-0.25, -0.2) is 0 Å². The van der Waals surface area contributed by atoms with Crippen molar-refractivity contribution in [3.8, 4) is 11.8 Å². The van der Waals surface area contributed by atoms with Gasteiger partial charge in [0.05, 0.1) is 23.8 Å². The second-order valence-corrected chi connectivity index (χ2v) is 5.03. The number of nitrogens with one attached hydrogen (secondary N) is 1. The molecule has 1 rings (SSSR count). The SMILES string of the molecule is CCC(CC)(CO)NC(=O)C(C)Oc1ccc(C#N)cc1. The predicted molar refractivity (Wildman–Crippen MR) is 79.8 cm³/mol. The molecule has 21 heavy (non-hydrogen) atoms. The van der Waals surface area contributed by atoms with Crippen LogP contribution in [0.1, 0.15) is 39.2 Å². The number of nitrogens with zero attached hydrogens (tertiary/aromatic N) is 1. The van der Waals surface area contributed by atoms with E-state index in [-0.39, 0.29) is 12.5 Å². The van der Waals surface area contributed by atoms with Crippen LogP contribution in [0.4, 0.5) is 0 Å². The second kappa shape index (κ2) is 7.65. The number of rotatable bonds is 7. The van der Waals surface area contributed by atoms with E-state index in [1.807, 2.05) is 19.9 Å². The Hall–Kier alpha value is -2.06. The van der Waals surface area contributed by atoms with Crippen molar-refractivity contribution in [2.45, 2.75) is 45.3 Å². The Labute approximate surface area is 125 Å². The molecule has 1 aromatic carbocycles. The molecule has 0 aliphatic rings. The van der Waals surface area contributed by atoms with Gasteiger partial charge < -0.3 is 15.2 Å².